The lowest BCUT2D eigenvalue weighted by Crippen LogP contribution is -2.33. The van der Waals surface area contributed by atoms with Gasteiger partial charge in [-0.05, 0) is 208 Å². The van der Waals surface area contributed by atoms with Gasteiger partial charge in [-0.15, -0.1) is 0 Å². The van der Waals surface area contributed by atoms with Crippen molar-refractivity contribution in [2.45, 2.75) is 41.9 Å². The first-order valence-electron chi connectivity index (χ1n) is 35.4. The molecule has 0 amide bonds. The van der Waals surface area contributed by atoms with Crippen LogP contribution in [0.25, 0.3) is 28.9 Å². The fourth-order valence-electron chi connectivity index (χ4n) is 17.8. The molecule has 0 heterocycles. The van der Waals surface area contributed by atoms with Crippen LogP contribution in [0, 0.1) is 0 Å². The Hall–Kier alpha value is -12.2. The van der Waals surface area contributed by atoms with Crippen LogP contribution < -0.4 is 4.90 Å². The average Bonchev–Trinajstić information content (AvgIpc) is 1.47. The Morgan fingerprint density at radius 3 is 1.01 bits per heavy atom. The van der Waals surface area contributed by atoms with E-state index in [0.29, 0.717) is 0 Å². The van der Waals surface area contributed by atoms with E-state index in [9.17, 15) is 0 Å². The Balaban J connectivity index is 0.791. The number of allylic oxidation sites excluding steroid dienone is 10. The lowest BCUT2D eigenvalue weighted by atomic mass is 9.61. The van der Waals surface area contributed by atoms with Crippen LogP contribution in [0.4, 0.5) is 11.4 Å². The third-order valence-corrected chi connectivity index (χ3v) is 22.0. The molecule has 0 aromatic heterocycles. The number of hydrogen-bond donors (Lipinski definition) is 0. The molecule has 1 heteroatoms. The first-order valence-corrected chi connectivity index (χ1v) is 35.4. The Labute approximate surface area is 588 Å². The van der Waals surface area contributed by atoms with Gasteiger partial charge in [-0.1, -0.05) is 346 Å². The van der Waals surface area contributed by atoms with Gasteiger partial charge in [0.05, 0.1) is 16.2 Å². The number of fused-ring (bicyclic) bond motifs is 5. The summed E-state index contributed by atoms with van der Waals surface area (Å²) in [5.74, 6) is 0. The quantitative estimate of drug-likeness (QED) is 0.118. The summed E-state index contributed by atoms with van der Waals surface area (Å²) in [4.78, 5) is 2.53. The molecule has 474 valence electrons. The van der Waals surface area contributed by atoms with E-state index in [0.717, 1.165) is 42.6 Å². The molecular formula is C99H73N. The Bertz CT molecular complexity index is 5350. The summed E-state index contributed by atoms with van der Waals surface area (Å²) in [5, 5.41) is 0. The van der Waals surface area contributed by atoms with Gasteiger partial charge >= 0.3 is 0 Å². The van der Waals surface area contributed by atoms with Crippen LogP contribution in [-0.2, 0) is 16.2 Å². The summed E-state index contributed by atoms with van der Waals surface area (Å²) in [6.07, 6.45) is 20.6. The van der Waals surface area contributed by atoms with Crippen LogP contribution in [0.1, 0.15) is 126 Å². The minimum atomic E-state index is -0.587. The van der Waals surface area contributed by atoms with Gasteiger partial charge in [0.25, 0.3) is 0 Å². The Morgan fingerprint density at radius 2 is 0.600 bits per heavy atom. The summed E-state index contributed by atoms with van der Waals surface area (Å²) in [6.45, 7) is 0. The van der Waals surface area contributed by atoms with Gasteiger partial charge < -0.3 is 4.90 Å². The molecule has 0 bridgehead atoms. The van der Waals surface area contributed by atoms with E-state index in [4.69, 9.17) is 0 Å². The van der Waals surface area contributed by atoms with Crippen LogP contribution in [0.2, 0.25) is 0 Å². The lowest BCUT2D eigenvalue weighted by Gasteiger charge is -2.40. The maximum absolute atomic E-state index is 2.53. The van der Waals surface area contributed by atoms with Crippen molar-refractivity contribution in [3.05, 3.63) is 505 Å². The third kappa shape index (κ3) is 9.74. The lowest BCUT2D eigenvalue weighted by molar-refractivity contribution is 0.671. The van der Waals surface area contributed by atoms with Crippen molar-refractivity contribution in [1.82, 2.24) is 0 Å². The summed E-state index contributed by atoms with van der Waals surface area (Å²) < 4.78 is 0. The summed E-state index contributed by atoms with van der Waals surface area (Å²) in [5.41, 5.74) is 31.9. The zero-order valence-corrected chi connectivity index (χ0v) is 55.8. The van der Waals surface area contributed by atoms with Gasteiger partial charge in [0.2, 0.25) is 0 Å². The fourth-order valence-corrected chi connectivity index (χ4v) is 17.8. The normalized spacial score (nSPS) is 15.9. The number of hydrogen-bond acceptors (Lipinski definition) is 1. The highest BCUT2D eigenvalue weighted by Gasteiger charge is 2.47. The van der Waals surface area contributed by atoms with Crippen LogP contribution in [0.3, 0.4) is 0 Å². The highest BCUT2D eigenvalue weighted by molar-refractivity contribution is 5.99. The minimum absolute atomic E-state index is 0.503. The second kappa shape index (κ2) is 25.4. The summed E-state index contributed by atoms with van der Waals surface area (Å²) >= 11 is 0. The molecule has 0 unspecified atom stereocenters. The molecule has 0 fully saturated rings. The molecular weight excluding hydrogens is 1200 g/mol. The SMILES string of the molecule is C1=CC2=C(CC1)C(c1ccccc1)(c1ccccc1)c1ccccc1C(c1ccc(N(C3=CC=C(C4=Cc5ccccc5C(c5ccccc5)(c5ccccc5)c5ccccc54)CC3)c3ccc(C4=Cc5ccccc5C(c5ccccc5)(c5ccccc5)c5ccccc54)cc3)cc1)=C2. The molecule has 5 aliphatic rings. The molecule has 13 aromatic rings. The van der Waals surface area contributed by atoms with Crippen LogP contribution in [0.15, 0.2) is 405 Å². The van der Waals surface area contributed by atoms with Crippen LogP contribution >= 0.6 is 0 Å². The molecule has 0 N–H and O–H groups in total. The van der Waals surface area contributed by atoms with E-state index < -0.39 is 16.2 Å². The van der Waals surface area contributed by atoms with E-state index in [1.165, 1.54) is 134 Å². The summed E-state index contributed by atoms with van der Waals surface area (Å²) in [6, 6.07) is 132. The van der Waals surface area contributed by atoms with E-state index in [2.05, 4.69) is 399 Å². The van der Waals surface area contributed by atoms with Gasteiger partial charge in [0, 0.05) is 17.1 Å². The maximum atomic E-state index is 2.53. The van der Waals surface area contributed by atoms with E-state index in [1.54, 1.807) is 0 Å². The van der Waals surface area contributed by atoms with Gasteiger partial charge in [-0.2, -0.15) is 0 Å². The van der Waals surface area contributed by atoms with Crippen molar-refractivity contribution < 1.29 is 0 Å². The van der Waals surface area contributed by atoms with Gasteiger partial charge in [0.15, 0.2) is 0 Å². The van der Waals surface area contributed by atoms with Crippen LogP contribution in [-0.4, -0.2) is 0 Å². The Morgan fingerprint density at radius 1 is 0.260 bits per heavy atom. The first-order chi connectivity index (χ1) is 49.6. The average molecular weight is 1280 g/mol. The molecule has 18 rings (SSSR count). The maximum Gasteiger partial charge on any atom is 0.0713 e. The van der Waals surface area contributed by atoms with Crippen LogP contribution in [0.5, 0.6) is 0 Å². The zero-order chi connectivity index (χ0) is 66.5. The molecule has 0 aliphatic heterocycles. The summed E-state index contributed by atoms with van der Waals surface area (Å²) in [7, 11) is 0. The monoisotopic (exact) mass is 1280 g/mol. The predicted octanol–water partition coefficient (Wildman–Crippen LogP) is 24.1. The molecule has 0 spiro atoms. The number of anilines is 2. The molecule has 0 radical (unpaired) electrons. The van der Waals surface area contributed by atoms with Crippen molar-refractivity contribution in [2.24, 2.45) is 0 Å². The van der Waals surface area contributed by atoms with E-state index in [1.807, 2.05) is 0 Å². The largest absolute Gasteiger partial charge is 0.314 e. The molecule has 0 atom stereocenters. The second-order valence-electron chi connectivity index (χ2n) is 27.1. The standard InChI is InChI=1S/C99H73N/c1-7-34-76(35-8-1)97(77-36-9-2-10-37-77)91-49-25-19-31-73(91)67-88(85-46-22-28-52-94(85)97)70-55-61-82(62-56-70)100(83-63-57-71(58-64-83)89-68-74-32-20-26-50-92(74)98(78-38-11-3-12-39-78,79-40-13-4-14-41-79)95-53-29-23-47-86(89)95)84-65-59-72(60-66-84)90-69-75-33-21-27-51-93(75)99(80-42-15-5-16-43-80,81-44-17-6-18-45-81)96-54-30-24-48-87(90)96/h1-26,28-50,52-57,59-63,65-69H,27,51,58,64H2. The van der Waals surface area contributed by atoms with Crippen molar-refractivity contribution in [3.63, 3.8) is 0 Å². The molecule has 100 heavy (non-hydrogen) atoms. The van der Waals surface area contributed by atoms with Crippen molar-refractivity contribution >= 4 is 40.2 Å². The van der Waals surface area contributed by atoms with Crippen molar-refractivity contribution in [3.8, 4) is 0 Å². The van der Waals surface area contributed by atoms with E-state index in [-0.39, 0.29) is 0 Å². The van der Waals surface area contributed by atoms with Crippen molar-refractivity contribution in [2.75, 3.05) is 4.90 Å². The smallest absolute Gasteiger partial charge is 0.0713 e. The Kier molecular flexibility index (Phi) is 15.3. The van der Waals surface area contributed by atoms with Gasteiger partial charge in [-0.3, -0.25) is 0 Å². The second-order valence-corrected chi connectivity index (χ2v) is 27.1. The molecule has 1 nitrogen and oxygen atoms in total. The molecule has 13 aromatic carbocycles. The van der Waals surface area contributed by atoms with Gasteiger partial charge in [0.1, 0.15) is 0 Å². The number of rotatable bonds is 12. The van der Waals surface area contributed by atoms with Gasteiger partial charge in [-0.25, -0.2) is 0 Å². The molecule has 5 aliphatic carbocycles. The zero-order valence-electron chi connectivity index (χ0n) is 55.8. The first kappa shape index (κ1) is 60.3. The third-order valence-electron chi connectivity index (χ3n) is 22.0. The fraction of sp³-hybridized carbons (Fsp3) is 0.0707. The topological polar surface area (TPSA) is 3.24 Å². The molecule has 0 saturated carbocycles. The highest BCUT2D eigenvalue weighted by Crippen LogP contribution is 2.57. The predicted molar refractivity (Wildman–Crippen MR) is 416 cm³/mol. The highest BCUT2D eigenvalue weighted by atomic mass is 15.1. The minimum Gasteiger partial charge on any atom is -0.314 e. The van der Waals surface area contributed by atoms with E-state index >= 15 is 0 Å². The number of benzene rings is 13. The number of nitrogens with zero attached hydrogens (tertiary/aromatic N) is 1. The molecule has 0 saturated heterocycles. The van der Waals surface area contributed by atoms with Crippen molar-refractivity contribution in [1.29, 1.82) is 0 Å².